The lowest BCUT2D eigenvalue weighted by Crippen LogP contribution is -2.52. The van der Waals surface area contributed by atoms with E-state index >= 15 is 0 Å². The molecule has 0 spiro atoms. The van der Waals surface area contributed by atoms with Crippen molar-refractivity contribution >= 4 is 0 Å². The van der Waals surface area contributed by atoms with Crippen molar-refractivity contribution in [2.24, 2.45) is 58.2 Å². The van der Waals surface area contributed by atoms with Gasteiger partial charge in [-0.25, -0.2) is 0 Å². The van der Waals surface area contributed by atoms with Gasteiger partial charge < -0.3 is 5.11 Å². The van der Waals surface area contributed by atoms with Crippen LogP contribution in [-0.4, -0.2) is 11.2 Å². The highest BCUT2D eigenvalue weighted by atomic mass is 16.3. The number of rotatable bonds is 5. The molecule has 0 aromatic heterocycles. The second kappa shape index (κ2) is 8.24. The van der Waals surface area contributed by atoms with Crippen molar-refractivity contribution in [1.82, 2.24) is 0 Å². The summed E-state index contributed by atoms with van der Waals surface area (Å²) in [7, 11) is 0. The van der Waals surface area contributed by atoms with Crippen LogP contribution in [0.3, 0.4) is 0 Å². The van der Waals surface area contributed by atoms with Gasteiger partial charge in [0, 0.05) is 0 Å². The van der Waals surface area contributed by atoms with Crippen molar-refractivity contribution in [3.05, 3.63) is 11.6 Å². The molecule has 4 aliphatic rings. The Morgan fingerprint density at radius 1 is 0.933 bits per heavy atom. The van der Waals surface area contributed by atoms with Gasteiger partial charge in [0.15, 0.2) is 0 Å². The molecule has 3 saturated carbocycles. The fourth-order valence-corrected chi connectivity index (χ4v) is 8.98. The van der Waals surface area contributed by atoms with Crippen molar-refractivity contribution in [3.63, 3.8) is 0 Å². The van der Waals surface area contributed by atoms with Gasteiger partial charge in [-0.2, -0.15) is 0 Å². The number of aliphatic hydroxyl groups excluding tert-OH is 1. The van der Waals surface area contributed by atoms with Gasteiger partial charge in [0.2, 0.25) is 0 Å². The number of allylic oxidation sites excluding steroid dienone is 2. The van der Waals surface area contributed by atoms with E-state index in [-0.39, 0.29) is 6.10 Å². The molecule has 0 heterocycles. The molecule has 4 rings (SSSR count). The van der Waals surface area contributed by atoms with E-state index in [4.69, 9.17) is 0 Å². The zero-order valence-electron chi connectivity index (χ0n) is 21.1. The lowest BCUT2D eigenvalue weighted by molar-refractivity contribution is -0.0774. The van der Waals surface area contributed by atoms with Crippen LogP contribution in [0.2, 0.25) is 0 Å². The Morgan fingerprint density at radius 3 is 2.30 bits per heavy atom. The molecule has 0 amide bonds. The third kappa shape index (κ3) is 3.54. The largest absolute Gasteiger partial charge is 0.393 e. The molecule has 1 heteroatoms. The number of fused-ring (bicyclic) bond motifs is 5. The summed E-state index contributed by atoms with van der Waals surface area (Å²) >= 11 is 0. The van der Waals surface area contributed by atoms with E-state index in [1.54, 1.807) is 0 Å². The van der Waals surface area contributed by atoms with Gasteiger partial charge in [0.25, 0.3) is 0 Å². The van der Waals surface area contributed by atoms with Crippen molar-refractivity contribution in [2.75, 3.05) is 0 Å². The zero-order chi connectivity index (χ0) is 21.8. The van der Waals surface area contributed by atoms with Crippen molar-refractivity contribution < 1.29 is 5.11 Å². The highest BCUT2D eigenvalue weighted by Crippen LogP contribution is 2.67. The molecular weight excluding hydrogens is 364 g/mol. The van der Waals surface area contributed by atoms with Crippen LogP contribution in [0.4, 0.5) is 0 Å². The van der Waals surface area contributed by atoms with Gasteiger partial charge in [-0.3, -0.25) is 0 Å². The lowest BCUT2D eigenvalue weighted by Gasteiger charge is -2.59. The Bertz CT molecular complexity index is 649. The van der Waals surface area contributed by atoms with Crippen LogP contribution in [0, 0.1) is 58.2 Å². The van der Waals surface area contributed by atoms with E-state index in [1.165, 1.54) is 51.4 Å². The average Bonchev–Trinajstić information content (AvgIpc) is 3.06. The minimum absolute atomic E-state index is 0.0724. The average molecular weight is 415 g/mol. The summed E-state index contributed by atoms with van der Waals surface area (Å²) in [6, 6.07) is 0. The van der Waals surface area contributed by atoms with E-state index in [1.807, 2.05) is 5.57 Å². The van der Waals surface area contributed by atoms with Crippen LogP contribution in [0.25, 0.3) is 0 Å². The van der Waals surface area contributed by atoms with Gasteiger partial charge in [-0.15, -0.1) is 0 Å². The first-order chi connectivity index (χ1) is 14.1. The molecule has 1 N–H and O–H groups in total. The third-order valence-electron chi connectivity index (χ3n) is 11.6. The van der Waals surface area contributed by atoms with Gasteiger partial charge in [0.05, 0.1) is 6.10 Å². The van der Waals surface area contributed by atoms with Crippen molar-refractivity contribution in [1.29, 1.82) is 0 Å². The third-order valence-corrected chi connectivity index (χ3v) is 11.6. The smallest absolute Gasteiger partial charge is 0.0568 e. The first-order valence-electron chi connectivity index (χ1n) is 13.5. The lowest BCUT2D eigenvalue weighted by atomic mass is 9.46. The molecule has 4 unspecified atom stereocenters. The molecule has 0 saturated heterocycles. The summed E-state index contributed by atoms with van der Waals surface area (Å²) in [5.41, 5.74) is 2.84. The quantitative estimate of drug-likeness (QED) is 0.454. The topological polar surface area (TPSA) is 20.2 Å². The van der Waals surface area contributed by atoms with Crippen LogP contribution in [0.5, 0.6) is 0 Å². The minimum atomic E-state index is -0.0724. The molecule has 0 radical (unpaired) electrons. The number of hydrogen-bond acceptors (Lipinski definition) is 1. The summed E-state index contributed by atoms with van der Waals surface area (Å²) in [6.07, 6.45) is 14.7. The summed E-state index contributed by atoms with van der Waals surface area (Å²) in [4.78, 5) is 0. The Labute approximate surface area is 187 Å². The number of hydrogen-bond donors (Lipinski definition) is 1. The van der Waals surface area contributed by atoms with Gasteiger partial charge in [0.1, 0.15) is 0 Å². The normalized spacial score (nSPS) is 47.8. The van der Waals surface area contributed by atoms with Crippen LogP contribution in [0.1, 0.15) is 106 Å². The van der Waals surface area contributed by atoms with E-state index < -0.39 is 0 Å². The van der Waals surface area contributed by atoms with Crippen LogP contribution < -0.4 is 0 Å². The molecular formula is C29H50O. The molecule has 0 aromatic rings. The fourth-order valence-electron chi connectivity index (χ4n) is 8.98. The maximum Gasteiger partial charge on any atom is 0.0568 e. The van der Waals surface area contributed by atoms with Gasteiger partial charge in [-0.1, -0.05) is 73.0 Å². The predicted octanol–water partition coefficient (Wildman–Crippen LogP) is 7.88. The first kappa shape index (κ1) is 22.9. The SMILES string of the molecule is CC(C)C(C)CC[C@@H](C)[C@H]1CC[C@H]2C3=CCC4C(C)C(O)CC[C@]4(C)[C@H]3CC[C@]12C. The Morgan fingerprint density at radius 2 is 1.60 bits per heavy atom. The highest BCUT2D eigenvalue weighted by Gasteiger charge is 2.59. The van der Waals surface area contributed by atoms with Gasteiger partial charge >= 0.3 is 0 Å². The molecule has 3 fully saturated rings. The highest BCUT2D eigenvalue weighted by molar-refractivity contribution is 5.28. The molecule has 0 aliphatic heterocycles. The standard InChI is InChI=1S/C29H50O/c1-18(2)19(3)8-9-20(4)23-12-13-25-22-10-11-24-21(5)27(30)15-17-29(24,7)26(22)14-16-28(23,25)6/h10,18-21,23-27,30H,8-9,11-17H2,1-7H3/t19?,20-,21?,23-,24?,25+,26+,27?,28-,29+/m1/s1. The second-order valence-electron chi connectivity index (χ2n) is 13.1. The Balaban J connectivity index is 1.51. The molecule has 172 valence electrons. The summed E-state index contributed by atoms with van der Waals surface area (Å²) in [5.74, 6) is 6.25. The predicted molar refractivity (Wildman–Crippen MR) is 128 cm³/mol. The summed E-state index contributed by atoms with van der Waals surface area (Å²) < 4.78 is 0. The van der Waals surface area contributed by atoms with E-state index in [9.17, 15) is 5.11 Å². The van der Waals surface area contributed by atoms with Crippen molar-refractivity contribution in [2.45, 2.75) is 112 Å². The molecule has 4 aliphatic carbocycles. The summed E-state index contributed by atoms with van der Waals surface area (Å²) in [5, 5.41) is 10.5. The Kier molecular flexibility index (Phi) is 6.28. The fraction of sp³-hybridized carbons (Fsp3) is 0.931. The maximum atomic E-state index is 10.5. The first-order valence-corrected chi connectivity index (χ1v) is 13.5. The molecule has 0 aromatic carbocycles. The number of aliphatic hydroxyl groups is 1. The van der Waals surface area contributed by atoms with Crippen LogP contribution in [-0.2, 0) is 0 Å². The molecule has 1 nitrogen and oxygen atoms in total. The maximum absolute atomic E-state index is 10.5. The van der Waals surface area contributed by atoms with Crippen LogP contribution >= 0.6 is 0 Å². The summed E-state index contributed by atoms with van der Waals surface area (Å²) in [6.45, 7) is 17.4. The van der Waals surface area contributed by atoms with E-state index in [0.717, 1.165) is 41.9 Å². The molecule has 10 atom stereocenters. The second-order valence-corrected chi connectivity index (χ2v) is 13.1. The zero-order valence-corrected chi connectivity index (χ0v) is 21.1. The van der Waals surface area contributed by atoms with Gasteiger partial charge in [-0.05, 0) is 103 Å². The van der Waals surface area contributed by atoms with E-state index in [0.29, 0.717) is 22.7 Å². The van der Waals surface area contributed by atoms with Crippen molar-refractivity contribution in [3.8, 4) is 0 Å². The Hall–Kier alpha value is -0.300. The van der Waals surface area contributed by atoms with Crippen LogP contribution in [0.15, 0.2) is 11.6 Å². The van der Waals surface area contributed by atoms with E-state index in [2.05, 4.69) is 54.5 Å². The molecule has 0 bridgehead atoms. The molecule has 30 heavy (non-hydrogen) atoms. The minimum Gasteiger partial charge on any atom is -0.393 e. The monoisotopic (exact) mass is 414 g/mol.